The zero-order valence-corrected chi connectivity index (χ0v) is 33.0. The molecule has 4 N–H and O–H groups in total. The van der Waals surface area contributed by atoms with Gasteiger partial charge in [-0.15, -0.1) is 0 Å². The number of nitrogens with zero attached hydrogens (tertiary/aromatic N) is 2. The van der Waals surface area contributed by atoms with E-state index in [0.717, 1.165) is 25.7 Å². The van der Waals surface area contributed by atoms with Gasteiger partial charge in [-0.3, -0.25) is 19.1 Å². The van der Waals surface area contributed by atoms with Crippen molar-refractivity contribution in [2.45, 2.75) is 118 Å². The molecule has 1 saturated heterocycles. The number of para-hydroxylation sites is 1. The number of hydrogen-bond acceptors (Lipinski definition) is 11. The molecule has 4 aromatic rings. The van der Waals surface area contributed by atoms with Gasteiger partial charge in [0, 0.05) is 23.1 Å². The molecule has 312 valence electrons. The highest BCUT2D eigenvalue weighted by Gasteiger charge is 2.62. The number of aromatic nitrogens is 1. The quantitative estimate of drug-likeness (QED) is 0.189. The van der Waals surface area contributed by atoms with E-state index in [9.17, 15) is 37.1 Å². The molecule has 5 aliphatic rings. The lowest BCUT2D eigenvalue weighted by atomic mass is 10.0. The topological polar surface area (TPSA) is 206 Å². The lowest BCUT2D eigenvalue weighted by Gasteiger charge is -2.30. The first-order chi connectivity index (χ1) is 28.4. The van der Waals surface area contributed by atoms with Crippen LogP contribution in [0.15, 0.2) is 59.0 Å². The van der Waals surface area contributed by atoms with Crippen LogP contribution in [0.1, 0.15) is 77.0 Å². The molecule has 15 nitrogen and oxygen atoms in total. The molecule has 2 aromatic heterocycles. The number of alkyl carbamates (subject to hydrolysis) is 1. The van der Waals surface area contributed by atoms with Crippen LogP contribution in [0.3, 0.4) is 0 Å². The molecular weight excluding hydrogens is 786 g/mol. The number of sulfonamides is 1. The zero-order valence-electron chi connectivity index (χ0n) is 32.2. The molecule has 0 radical (unpaired) electrons. The van der Waals surface area contributed by atoms with Crippen LogP contribution in [-0.4, -0.2) is 95.0 Å². The number of aliphatic hydroxyl groups excluding tert-OH is 1. The second-order valence-electron chi connectivity index (χ2n) is 16.6. The minimum Gasteiger partial charge on any atom is -0.484 e. The smallest absolute Gasteiger partial charge is 0.408 e. The number of carbonyl (C=O) groups is 4. The highest BCUT2D eigenvalue weighted by molar-refractivity contribution is 7.91. The maximum Gasteiger partial charge on any atom is 0.408 e. The van der Waals surface area contributed by atoms with Crippen molar-refractivity contribution >= 4 is 66.8 Å². The van der Waals surface area contributed by atoms with Crippen LogP contribution in [0, 0.1) is 11.7 Å². The second kappa shape index (κ2) is 15.4. The highest BCUT2D eigenvalue weighted by Crippen LogP contribution is 2.46. The summed E-state index contributed by atoms with van der Waals surface area (Å²) in [6.45, 7) is -0.148. The number of carbonyl (C=O) groups excluding carboxylic acids is 4. The Labute approximate surface area is 339 Å². The average molecular weight is 832 g/mol. The molecule has 6 atom stereocenters. The van der Waals surface area contributed by atoms with Crippen molar-refractivity contribution in [3.05, 3.63) is 60.4 Å². The number of nitrogens with one attached hydrogen (secondary N) is 3. The fourth-order valence-electron chi connectivity index (χ4n) is 8.80. The molecule has 4 fully saturated rings. The summed E-state index contributed by atoms with van der Waals surface area (Å²) in [5.41, 5.74) is 0.00896. The third-order valence-electron chi connectivity index (χ3n) is 12.3. The summed E-state index contributed by atoms with van der Waals surface area (Å²) in [6, 6.07) is 8.99. The van der Waals surface area contributed by atoms with Gasteiger partial charge in [0.1, 0.15) is 46.7 Å². The first kappa shape index (κ1) is 39.2. The molecule has 0 bridgehead atoms. The van der Waals surface area contributed by atoms with Crippen LogP contribution in [0.2, 0.25) is 0 Å². The number of hydrogen-bond donors (Lipinski definition) is 4. The third kappa shape index (κ3) is 7.81. The van der Waals surface area contributed by atoms with E-state index in [0.29, 0.717) is 59.5 Å². The summed E-state index contributed by atoms with van der Waals surface area (Å²) < 4.78 is 61.4. The lowest BCUT2D eigenvalue weighted by molar-refractivity contribution is -0.141. The summed E-state index contributed by atoms with van der Waals surface area (Å²) in [7, 11) is -3.99. The van der Waals surface area contributed by atoms with E-state index >= 15 is 0 Å². The molecule has 0 spiro atoms. The SMILES string of the molecule is O=C(N[C@H]1CCCCC(O)/C=C\[C@H]2C[C@@]2(C(=O)NS(=O)(=O)C2CC2)NC(=O)[C@@H]2C[C@@H](Oc3c4cc(F)ccc4nc4c3oc3ccccc34)CN2C1=O)OC1CCCC1. The Morgan fingerprint density at radius 1 is 0.966 bits per heavy atom. The van der Waals surface area contributed by atoms with E-state index in [-0.39, 0.29) is 43.2 Å². The normalized spacial score (nSPS) is 28.6. The Kier molecular flexibility index (Phi) is 10.2. The second-order valence-corrected chi connectivity index (χ2v) is 18.5. The van der Waals surface area contributed by atoms with Gasteiger partial charge in [-0.2, -0.15) is 0 Å². The van der Waals surface area contributed by atoms with Gasteiger partial charge in [0.25, 0.3) is 5.91 Å². The number of benzene rings is 2. The van der Waals surface area contributed by atoms with E-state index < -0.39 is 80.7 Å². The van der Waals surface area contributed by atoms with Gasteiger partial charge in [0.2, 0.25) is 21.8 Å². The molecule has 4 heterocycles. The fraction of sp³-hybridized carbons (Fsp3) is 0.500. The molecule has 2 aromatic carbocycles. The Morgan fingerprint density at radius 3 is 2.53 bits per heavy atom. The van der Waals surface area contributed by atoms with Gasteiger partial charge < -0.3 is 34.5 Å². The van der Waals surface area contributed by atoms with E-state index in [1.165, 1.54) is 29.2 Å². The molecule has 3 aliphatic carbocycles. The minimum atomic E-state index is -3.99. The Hall–Kier alpha value is -5.29. The minimum absolute atomic E-state index is 0.0599. The van der Waals surface area contributed by atoms with Crippen molar-refractivity contribution in [1.82, 2.24) is 25.2 Å². The number of furan rings is 1. The number of pyridine rings is 1. The van der Waals surface area contributed by atoms with E-state index in [2.05, 4.69) is 15.4 Å². The van der Waals surface area contributed by atoms with Crippen molar-refractivity contribution in [3.63, 3.8) is 0 Å². The summed E-state index contributed by atoms with van der Waals surface area (Å²) >= 11 is 0. The maximum absolute atomic E-state index is 14.8. The summed E-state index contributed by atoms with van der Waals surface area (Å²) in [5.74, 6) is -3.24. The fourth-order valence-corrected chi connectivity index (χ4v) is 10.2. The molecule has 2 aliphatic heterocycles. The number of halogens is 1. The monoisotopic (exact) mass is 831 g/mol. The predicted molar refractivity (Wildman–Crippen MR) is 212 cm³/mol. The predicted octanol–water partition coefficient (Wildman–Crippen LogP) is 4.63. The molecule has 17 heteroatoms. The van der Waals surface area contributed by atoms with Crippen molar-refractivity contribution in [2.24, 2.45) is 5.92 Å². The van der Waals surface area contributed by atoms with Gasteiger partial charge in [0.15, 0.2) is 11.3 Å². The van der Waals surface area contributed by atoms with Crippen LogP contribution in [-0.2, 0) is 29.1 Å². The Bertz CT molecular complexity index is 2480. The number of ether oxygens (including phenoxy) is 2. The van der Waals surface area contributed by atoms with Crippen LogP contribution in [0.5, 0.6) is 5.75 Å². The molecule has 1 unspecified atom stereocenters. The molecule has 3 saturated carbocycles. The van der Waals surface area contributed by atoms with Crippen molar-refractivity contribution in [3.8, 4) is 5.75 Å². The van der Waals surface area contributed by atoms with Gasteiger partial charge in [0.05, 0.1) is 23.4 Å². The van der Waals surface area contributed by atoms with E-state index in [4.69, 9.17) is 18.9 Å². The van der Waals surface area contributed by atoms with Crippen molar-refractivity contribution in [2.75, 3.05) is 6.54 Å². The summed E-state index contributed by atoms with van der Waals surface area (Å²) in [5, 5.41) is 16.6. The average Bonchev–Trinajstić information content (AvgIpc) is 4.02. The van der Waals surface area contributed by atoms with Gasteiger partial charge in [-0.1, -0.05) is 37.1 Å². The Morgan fingerprint density at radius 2 is 1.73 bits per heavy atom. The summed E-state index contributed by atoms with van der Waals surface area (Å²) in [4.78, 5) is 62.5. The number of rotatable bonds is 7. The van der Waals surface area contributed by atoms with Gasteiger partial charge in [-0.25, -0.2) is 22.6 Å². The Balaban J connectivity index is 1.07. The van der Waals surface area contributed by atoms with Crippen molar-refractivity contribution in [1.29, 1.82) is 0 Å². The van der Waals surface area contributed by atoms with Crippen LogP contribution in [0.4, 0.5) is 9.18 Å². The number of amides is 4. The summed E-state index contributed by atoms with van der Waals surface area (Å²) in [6.07, 6.45) is 5.84. The van der Waals surface area contributed by atoms with Crippen molar-refractivity contribution < 1.29 is 51.0 Å². The lowest BCUT2D eigenvalue weighted by Crippen LogP contribution is -2.58. The van der Waals surface area contributed by atoms with E-state index in [1.54, 1.807) is 12.1 Å². The maximum atomic E-state index is 14.8. The standard InChI is InChI=1S/C42H46FN5O10S/c43-24-14-18-31-30(19-24)36(37-35(44-31)29-10-4-6-12-34(29)58-37)56-27-20-33-38(50)46-42(40(52)47-59(54,55)28-16-17-28)21-23(42)13-15-25(49)7-1-5-11-32(39(51)48(33)22-27)45-41(53)57-26-8-2-3-9-26/h4,6,10,12-15,18-19,23,25-28,32-33,49H,1-3,5,7-9,11,16-17,20-22H2,(H,45,53)(H,46,50)(H,47,52)/b15-13-/t23-,25?,27+,32-,33-,42+/m0/s1. The van der Waals surface area contributed by atoms with Gasteiger partial charge >= 0.3 is 6.09 Å². The molecule has 59 heavy (non-hydrogen) atoms. The first-order valence-electron chi connectivity index (χ1n) is 20.5. The van der Waals surface area contributed by atoms with Crippen LogP contribution >= 0.6 is 0 Å². The molecular formula is C42H46FN5O10S. The molecule has 4 amide bonds. The highest BCUT2D eigenvalue weighted by atomic mass is 32.2. The number of aliphatic hydroxyl groups is 1. The van der Waals surface area contributed by atoms with E-state index in [1.807, 2.05) is 18.2 Å². The van der Waals surface area contributed by atoms with Gasteiger partial charge in [-0.05, 0) is 88.1 Å². The van der Waals surface area contributed by atoms with Crippen LogP contribution < -0.4 is 20.1 Å². The largest absolute Gasteiger partial charge is 0.484 e. The van der Waals surface area contributed by atoms with Crippen LogP contribution in [0.25, 0.3) is 33.0 Å². The first-order valence-corrected chi connectivity index (χ1v) is 22.0. The third-order valence-corrected chi connectivity index (χ3v) is 14.1. The number of fused-ring (bicyclic) bond motifs is 6. The zero-order chi connectivity index (χ0) is 41.1. The molecule has 9 rings (SSSR count).